The molecule has 1 amide bonds. The Morgan fingerprint density at radius 1 is 1.56 bits per heavy atom. The Balaban J connectivity index is 2.04. The van der Waals surface area contributed by atoms with Crippen LogP contribution in [0.25, 0.3) is 0 Å². The second-order valence-electron chi connectivity index (χ2n) is 4.71. The molecule has 0 saturated carbocycles. The third kappa shape index (κ3) is 2.94. The summed E-state index contributed by atoms with van der Waals surface area (Å²) in [6.07, 6.45) is 2.16. The molecule has 1 saturated heterocycles. The summed E-state index contributed by atoms with van der Waals surface area (Å²) in [6, 6.07) is 4.48. The molecule has 2 rings (SSSR count). The smallest absolute Gasteiger partial charge is 0.241 e. The van der Waals surface area contributed by atoms with Crippen molar-refractivity contribution in [1.29, 1.82) is 0 Å². The number of hydrogen-bond donors (Lipinski definition) is 3. The summed E-state index contributed by atoms with van der Waals surface area (Å²) in [5.74, 6) is 0.286. The van der Waals surface area contributed by atoms with E-state index in [1.165, 1.54) is 6.07 Å². The van der Waals surface area contributed by atoms with Crippen molar-refractivity contribution in [2.75, 3.05) is 11.9 Å². The van der Waals surface area contributed by atoms with Crippen LogP contribution in [0.4, 0.5) is 5.69 Å². The van der Waals surface area contributed by atoms with Gasteiger partial charge in [0.2, 0.25) is 5.91 Å². The summed E-state index contributed by atoms with van der Waals surface area (Å²) in [4.78, 5) is 12.1. The molecule has 4 nitrogen and oxygen atoms in total. The first-order chi connectivity index (χ1) is 8.58. The van der Waals surface area contributed by atoms with E-state index in [-0.39, 0.29) is 22.7 Å². The van der Waals surface area contributed by atoms with Gasteiger partial charge in [0, 0.05) is 5.69 Å². The maximum absolute atomic E-state index is 12.1. The van der Waals surface area contributed by atoms with Crippen LogP contribution < -0.4 is 10.6 Å². The van der Waals surface area contributed by atoms with E-state index in [0.29, 0.717) is 11.6 Å². The number of anilines is 1. The second-order valence-corrected chi connectivity index (χ2v) is 5.11. The van der Waals surface area contributed by atoms with Gasteiger partial charge in [0.25, 0.3) is 0 Å². The van der Waals surface area contributed by atoms with Gasteiger partial charge in [-0.05, 0) is 43.5 Å². The van der Waals surface area contributed by atoms with Crippen LogP contribution in [-0.4, -0.2) is 23.6 Å². The summed E-state index contributed by atoms with van der Waals surface area (Å²) in [6.45, 7) is 2.94. The zero-order chi connectivity index (χ0) is 13.1. The molecule has 0 bridgehead atoms. The molecule has 0 aromatic heterocycles. The highest BCUT2D eigenvalue weighted by atomic mass is 35.5. The number of phenols is 1. The highest BCUT2D eigenvalue weighted by Crippen LogP contribution is 2.26. The van der Waals surface area contributed by atoms with Gasteiger partial charge in [-0.15, -0.1) is 0 Å². The summed E-state index contributed by atoms with van der Waals surface area (Å²) >= 11 is 5.79. The van der Waals surface area contributed by atoms with Gasteiger partial charge >= 0.3 is 0 Å². The van der Waals surface area contributed by atoms with Crippen LogP contribution in [0.2, 0.25) is 5.02 Å². The molecule has 2 unspecified atom stereocenters. The summed E-state index contributed by atoms with van der Waals surface area (Å²) in [7, 11) is 0. The Hall–Kier alpha value is -1.26. The zero-order valence-electron chi connectivity index (χ0n) is 10.2. The third-order valence-corrected chi connectivity index (χ3v) is 3.57. The normalized spacial score (nSPS) is 23.7. The quantitative estimate of drug-likeness (QED) is 0.722. The lowest BCUT2D eigenvalue weighted by atomic mass is 9.92. The Kier molecular flexibility index (Phi) is 4.09. The predicted octanol–water partition coefficient (Wildman–Crippen LogP) is 2.37. The van der Waals surface area contributed by atoms with E-state index in [0.717, 1.165) is 19.4 Å². The van der Waals surface area contributed by atoms with Crippen LogP contribution in [0.3, 0.4) is 0 Å². The number of rotatable bonds is 2. The highest BCUT2D eigenvalue weighted by Gasteiger charge is 2.27. The van der Waals surface area contributed by atoms with Crippen molar-refractivity contribution in [3.05, 3.63) is 23.2 Å². The van der Waals surface area contributed by atoms with E-state index in [1.807, 2.05) is 0 Å². The second kappa shape index (κ2) is 5.59. The molecule has 0 spiro atoms. The molecular weight excluding hydrogens is 252 g/mol. The summed E-state index contributed by atoms with van der Waals surface area (Å²) < 4.78 is 0. The number of phenolic OH excluding ortho intramolecular Hbond substituents is 1. The fourth-order valence-electron chi connectivity index (χ4n) is 2.21. The number of benzene rings is 1. The molecule has 98 valence electrons. The number of carbonyl (C=O) groups excluding carboxylic acids is 1. The van der Waals surface area contributed by atoms with E-state index in [4.69, 9.17) is 11.6 Å². The minimum atomic E-state index is -0.161. The van der Waals surface area contributed by atoms with Crippen LogP contribution in [0, 0.1) is 5.92 Å². The first-order valence-corrected chi connectivity index (χ1v) is 6.48. The van der Waals surface area contributed by atoms with Gasteiger partial charge in [-0.1, -0.05) is 18.5 Å². The molecule has 1 aliphatic heterocycles. The molecular formula is C13H17ClN2O2. The molecule has 1 aromatic carbocycles. The molecule has 5 heteroatoms. The monoisotopic (exact) mass is 268 g/mol. The average Bonchev–Trinajstić information content (AvgIpc) is 2.34. The van der Waals surface area contributed by atoms with E-state index in [2.05, 4.69) is 17.6 Å². The van der Waals surface area contributed by atoms with E-state index in [1.54, 1.807) is 12.1 Å². The van der Waals surface area contributed by atoms with Crippen LogP contribution in [0.15, 0.2) is 18.2 Å². The highest BCUT2D eigenvalue weighted by molar-refractivity contribution is 6.32. The van der Waals surface area contributed by atoms with Crippen LogP contribution in [-0.2, 0) is 4.79 Å². The number of nitrogens with one attached hydrogen (secondary N) is 2. The largest absolute Gasteiger partial charge is 0.506 e. The molecule has 0 radical (unpaired) electrons. The molecule has 1 heterocycles. The van der Waals surface area contributed by atoms with Crippen molar-refractivity contribution in [3.8, 4) is 5.75 Å². The Morgan fingerprint density at radius 2 is 2.33 bits per heavy atom. The fourth-order valence-corrected chi connectivity index (χ4v) is 2.39. The molecule has 3 N–H and O–H groups in total. The van der Waals surface area contributed by atoms with Crippen molar-refractivity contribution in [2.24, 2.45) is 5.92 Å². The minimum Gasteiger partial charge on any atom is -0.506 e. The third-order valence-electron chi connectivity index (χ3n) is 3.27. The van der Waals surface area contributed by atoms with Gasteiger partial charge in [0.15, 0.2) is 0 Å². The molecule has 1 aromatic rings. The molecule has 0 aliphatic carbocycles. The molecule has 18 heavy (non-hydrogen) atoms. The van der Waals surface area contributed by atoms with Gasteiger partial charge in [0.1, 0.15) is 5.75 Å². The maximum atomic E-state index is 12.1. The predicted molar refractivity (Wildman–Crippen MR) is 71.9 cm³/mol. The van der Waals surface area contributed by atoms with E-state index < -0.39 is 0 Å². The van der Waals surface area contributed by atoms with Gasteiger partial charge in [-0.2, -0.15) is 0 Å². The number of hydrogen-bond acceptors (Lipinski definition) is 3. The van der Waals surface area contributed by atoms with Crippen molar-refractivity contribution >= 4 is 23.2 Å². The minimum absolute atomic E-state index is 0.0128. The number of amides is 1. The lowest BCUT2D eigenvalue weighted by Gasteiger charge is -2.28. The van der Waals surface area contributed by atoms with Crippen molar-refractivity contribution in [1.82, 2.24) is 5.32 Å². The number of halogens is 1. The van der Waals surface area contributed by atoms with Gasteiger partial charge < -0.3 is 15.7 Å². The van der Waals surface area contributed by atoms with Gasteiger partial charge in [-0.25, -0.2) is 0 Å². The first kappa shape index (κ1) is 13.2. The standard InChI is InChI=1S/C13H17ClN2O2/c1-8-3-2-6-15-12(8)13(18)16-9-4-5-11(17)10(14)7-9/h4-5,7-8,12,15,17H,2-3,6H2,1H3,(H,16,18). The van der Waals surface area contributed by atoms with Gasteiger partial charge in [-0.3, -0.25) is 4.79 Å². The number of aromatic hydroxyl groups is 1. The number of carbonyl (C=O) groups is 1. The SMILES string of the molecule is CC1CCCNC1C(=O)Nc1ccc(O)c(Cl)c1. The molecule has 2 atom stereocenters. The van der Waals surface area contributed by atoms with E-state index >= 15 is 0 Å². The molecule has 1 aliphatic rings. The van der Waals surface area contributed by atoms with Gasteiger partial charge in [0.05, 0.1) is 11.1 Å². The van der Waals surface area contributed by atoms with Crippen molar-refractivity contribution in [2.45, 2.75) is 25.8 Å². The summed E-state index contributed by atoms with van der Waals surface area (Å²) in [5, 5.41) is 15.6. The summed E-state index contributed by atoms with van der Waals surface area (Å²) in [5.41, 5.74) is 0.599. The topological polar surface area (TPSA) is 61.4 Å². The maximum Gasteiger partial charge on any atom is 0.241 e. The van der Waals surface area contributed by atoms with Crippen LogP contribution >= 0.6 is 11.6 Å². The molecule has 1 fully saturated rings. The first-order valence-electron chi connectivity index (χ1n) is 6.10. The lowest BCUT2D eigenvalue weighted by Crippen LogP contribution is -2.48. The van der Waals surface area contributed by atoms with Crippen molar-refractivity contribution in [3.63, 3.8) is 0 Å². The Bertz CT molecular complexity index is 451. The Labute approximate surface area is 111 Å². The van der Waals surface area contributed by atoms with E-state index in [9.17, 15) is 9.90 Å². The van der Waals surface area contributed by atoms with Crippen LogP contribution in [0.1, 0.15) is 19.8 Å². The van der Waals surface area contributed by atoms with Crippen LogP contribution in [0.5, 0.6) is 5.75 Å². The fraction of sp³-hybridized carbons (Fsp3) is 0.462. The Morgan fingerprint density at radius 3 is 3.00 bits per heavy atom. The average molecular weight is 269 g/mol. The van der Waals surface area contributed by atoms with Crippen molar-refractivity contribution < 1.29 is 9.90 Å². The number of piperidine rings is 1. The zero-order valence-corrected chi connectivity index (χ0v) is 11.0. The lowest BCUT2D eigenvalue weighted by molar-refractivity contribution is -0.119.